The van der Waals surface area contributed by atoms with Gasteiger partial charge in [-0.3, -0.25) is 9.59 Å². The van der Waals surface area contributed by atoms with Gasteiger partial charge >= 0.3 is 11.9 Å². The Kier molecular flexibility index (Phi) is 6.13. The second-order valence-electron chi connectivity index (χ2n) is 11.2. The van der Waals surface area contributed by atoms with Crippen LogP contribution < -0.4 is 0 Å². The highest BCUT2D eigenvalue weighted by molar-refractivity contribution is 5.69. The average molecular weight is 429 g/mol. The van der Waals surface area contributed by atoms with E-state index in [9.17, 15) is 9.59 Å². The summed E-state index contributed by atoms with van der Waals surface area (Å²) in [6, 6.07) is 0. The number of rotatable bonds is 5. The third kappa shape index (κ3) is 3.89. The van der Waals surface area contributed by atoms with Crippen molar-refractivity contribution in [1.29, 1.82) is 0 Å². The third-order valence-corrected chi connectivity index (χ3v) is 9.56. The molecule has 2 fully saturated rings. The predicted octanol–water partition coefficient (Wildman–Crippen LogP) is 6.01. The molecule has 0 N–H and O–H groups in total. The summed E-state index contributed by atoms with van der Waals surface area (Å²) >= 11 is 0. The molecule has 0 saturated heterocycles. The topological polar surface area (TPSA) is 52.6 Å². The third-order valence-electron chi connectivity index (χ3n) is 9.56. The molecule has 0 spiro atoms. The van der Waals surface area contributed by atoms with Crippen LogP contribution in [0.1, 0.15) is 85.5 Å². The first-order valence-corrected chi connectivity index (χ1v) is 12.3. The molecule has 4 rings (SSSR count). The maximum absolute atomic E-state index is 11.7. The van der Waals surface area contributed by atoms with Gasteiger partial charge in [0.05, 0.1) is 7.11 Å². The molecular weight excluding hydrogens is 388 g/mol. The molecular formula is C27H40O4. The fraction of sp³-hybridized carbons (Fsp3) is 0.778. The Balaban J connectivity index is 1.52. The standard InChI is InChI=1S/C27H40O4/c1-17(6-11-25(29)30-5)22-9-10-23-21-8-7-19-16-20(31-18(2)28)12-14-26(19,3)24(21)13-15-27(22,23)4/h8,13,17,19-20,22-23H,6-7,9-12,14-16H2,1-5H3. The van der Waals surface area contributed by atoms with Gasteiger partial charge in [0.2, 0.25) is 0 Å². The zero-order valence-corrected chi connectivity index (χ0v) is 20.0. The van der Waals surface area contributed by atoms with Crippen molar-refractivity contribution in [3.05, 3.63) is 23.3 Å². The molecule has 0 radical (unpaired) electrons. The second kappa shape index (κ2) is 8.41. The zero-order chi connectivity index (χ0) is 22.4. The molecule has 4 heteroatoms. The summed E-state index contributed by atoms with van der Waals surface area (Å²) in [7, 11) is 1.48. The summed E-state index contributed by atoms with van der Waals surface area (Å²) in [6.07, 6.45) is 14.5. The number of carbonyl (C=O) groups excluding carboxylic acids is 2. The van der Waals surface area contributed by atoms with Crippen LogP contribution >= 0.6 is 0 Å². The van der Waals surface area contributed by atoms with E-state index in [0.717, 1.165) is 38.5 Å². The molecule has 4 aliphatic rings. The summed E-state index contributed by atoms with van der Waals surface area (Å²) in [5.41, 5.74) is 3.75. The van der Waals surface area contributed by atoms with Gasteiger partial charge in [0.25, 0.3) is 0 Å². The number of ether oxygens (including phenoxy) is 2. The second-order valence-corrected chi connectivity index (χ2v) is 11.2. The van der Waals surface area contributed by atoms with E-state index in [4.69, 9.17) is 9.47 Å². The van der Waals surface area contributed by atoms with E-state index < -0.39 is 0 Å². The summed E-state index contributed by atoms with van der Waals surface area (Å²) in [4.78, 5) is 23.1. The van der Waals surface area contributed by atoms with Gasteiger partial charge < -0.3 is 9.47 Å². The van der Waals surface area contributed by atoms with Gasteiger partial charge in [-0.25, -0.2) is 0 Å². The summed E-state index contributed by atoms with van der Waals surface area (Å²) in [6.45, 7) is 8.84. The molecule has 7 atom stereocenters. The van der Waals surface area contributed by atoms with Gasteiger partial charge in [0.15, 0.2) is 0 Å². The lowest BCUT2D eigenvalue weighted by Crippen LogP contribution is -2.45. The lowest BCUT2D eigenvalue weighted by atomic mass is 9.51. The van der Waals surface area contributed by atoms with Gasteiger partial charge in [-0.05, 0) is 97.0 Å². The van der Waals surface area contributed by atoms with Crippen molar-refractivity contribution in [2.24, 2.45) is 34.5 Å². The van der Waals surface area contributed by atoms with E-state index in [1.165, 1.54) is 26.9 Å². The number of hydrogen-bond acceptors (Lipinski definition) is 4. The number of allylic oxidation sites excluding steroid dienone is 4. The lowest BCUT2D eigenvalue weighted by Gasteiger charge is -2.53. The van der Waals surface area contributed by atoms with Crippen molar-refractivity contribution in [3.63, 3.8) is 0 Å². The lowest BCUT2D eigenvalue weighted by molar-refractivity contribution is -0.150. The molecule has 172 valence electrons. The van der Waals surface area contributed by atoms with Gasteiger partial charge in [-0.15, -0.1) is 0 Å². The van der Waals surface area contributed by atoms with E-state index in [1.54, 1.807) is 11.1 Å². The molecule has 0 aliphatic heterocycles. The molecule has 4 nitrogen and oxygen atoms in total. The van der Waals surface area contributed by atoms with Gasteiger partial charge in [0, 0.05) is 13.3 Å². The number of fused-ring (bicyclic) bond motifs is 5. The Morgan fingerprint density at radius 2 is 1.97 bits per heavy atom. The van der Waals surface area contributed by atoms with Crippen LogP contribution in [0.3, 0.4) is 0 Å². The number of esters is 2. The Hall–Kier alpha value is -1.58. The monoisotopic (exact) mass is 428 g/mol. The Morgan fingerprint density at radius 3 is 2.68 bits per heavy atom. The van der Waals surface area contributed by atoms with Crippen molar-refractivity contribution in [2.45, 2.75) is 91.6 Å². The van der Waals surface area contributed by atoms with Crippen molar-refractivity contribution >= 4 is 11.9 Å². The fourth-order valence-electron chi connectivity index (χ4n) is 7.78. The molecule has 0 aromatic heterocycles. The highest BCUT2D eigenvalue weighted by Crippen LogP contribution is 2.65. The molecule has 7 unspecified atom stereocenters. The summed E-state index contributed by atoms with van der Waals surface area (Å²) < 4.78 is 10.5. The van der Waals surface area contributed by atoms with E-state index in [1.807, 2.05) is 0 Å². The first-order chi connectivity index (χ1) is 14.7. The Bertz CT molecular complexity index is 795. The predicted molar refractivity (Wildman–Crippen MR) is 121 cm³/mol. The first kappa shape index (κ1) is 22.6. The molecule has 2 saturated carbocycles. The van der Waals surface area contributed by atoms with E-state index >= 15 is 0 Å². The molecule has 31 heavy (non-hydrogen) atoms. The average Bonchev–Trinajstić information content (AvgIpc) is 3.09. The number of carbonyl (C=O) groups is 2. The largest absolute Gasteiger partial charge is 0.469 e. The smallest absolute Gasteiger partial charge is 0.305 e. The Labute approximate surface area is 187 Å². The highest BCUT2D eigenvalue weighted by Gasteiger charge is 2.55. The highest BCUT2D eigenvalue weighted by atomic mass is 16.5. The van der Waals surface area contributed by atoms with Crippen LogP contribution in [-0.4, -0.2) is 25.2 Å². The molecule has 4 aliphatic carbocycles. The van der Waals surface area contributed by atoms with Crippen molar-refractivity contribution in [1.82, 2.24) is 0 Å². The van der Waals surface area contributed by atoms with Gasteiger partial charge in [0.1, 0.15) is 6.10 Å². The van der Waals surface area contributed by atoms with Crippen molar-refractivity contribution in [2.75, 3.05) is 7.11 Å². The number of methoxy groups -OCH3 is 1. The SMILES string of the molecule is COC(=O)CCC(C)C1CCC2C3=CCC4CC(OC(C)=O)CCC4(C)C3=CCC21C. The van der Waals surface area contributed by atoms with Crippen LogP contribution in [0, 0.1) is 34.5 Å². The minimum Gasteiger partial charge on any atom is -0.469 e. The molecule has 0 aromatic carbocycles. The molecule has 0 aromatic rings. The minimum absolute atomic E-state index is 0.0873. The van der Waals surface area contributed by atoms with Gasteiger partial charge in [-0.1, -0.05) is 32.9 Å². The van der Waals surface area contributed by atoms with Crippen LogP contribution in [-0.2, 0) is 19.1 Å². The molecule has 0 bridgehead atoms. The van der Waals surface area contributed by atoms with E-state index in [2.05, 4.69) is 32.9 Å². The minimum atomic E-state index is -0.147. The van der Waals surface area contributed by atoms with E-state index in [0.29, 0.717) is 35.5 Å². The quantitative estimate of drug-likeness (QED) is 0.504. The summed E-state index contributed by atoms with van der Waals surface area (Å²) in [5.74, 6) is 2.17. The number of hydrogen-bond donors (Lipinski definition) is 0. The fourth-order valence-corrected chi connectivity index (χ4v) is 7.78. The van der Waals surface area contributed by atoms with Crippen molar-refractivity contribution in [3.8, 4) is 0 Å². The van der Waals surface area contributed by atoms with Crippen LogP contribution in [0.2, 0.25) is 0 Å². The summed E-state index contributed by atoms with van der Waals surface area (Å²) in [5, 5.41) is 0. The molecule has 0 amide bonds. The van der Waals surface area contributed by atoms with Crippen LogP contribution in [0.4, 0.5) is 0 Å². The zero-order valence-electron chi connectivity index (χ0n) is 20.0. The van der Waals surface area contributed by atoms with E-state index in [-0.39, 0.29) is 23.5 Å². The Morgan fingerprint density at radius 1 is 1.19 bits per heavy atom. The molecule has 0 heterocycles. The van der Waals surface area contributed by atoms with Crippen molar-refractivity contribution < 1.29 is 19.1 Å². The maximum atomic E-state index is 11.7. The first-order valence-electron chi connectivity index (χ1n) is 12.3. The van der Waals surface area contributed by atoms with Crippen LogP contribution in [0.25, 0.3) is 0 Å². The van der Waals surface area contributed by atoms with Gasteiger partial charge in [-0.2, -0.15) is 0 Å². The van der Waals surface area contributed by atoms with Crippen LogP contribution in [0.15, 0.2) is 23.3 Å². The van der Waals surface area contributed by atoms with Crippen LogP contribution in [0.5, 0.6) is 0 Å². The normalized spacial score (nSPS) is 39.9. The maximum Gasteiger partial charge on any atom is 0.305 e.